The van der Waals surface area contributed by atoms with Gasteiger partial charge in [-0.05, 0) is 24.9 Å². The van der Waals surface area contributed by atoms with Gasteiger partial charge in [0.25, 0.3) is 5.56 Å². The molecule has 1 atom stereocenters. The van der Waals surface area contributed by atoms with Crippen LogP contribution in [-0.2, 0) is 11.3 Å². The van der Waals surface area contributed by atoms with Crippen LogP contribution >= 0.6 is 0 Å². The second-order valence-electron chi connectivity index (χ2n) is 4.17. The molecule has 0 saturated carbocycles. The topological polar surface area (TPSA) is 43.3 Å². The highest BCUT2D eigenvalue weighted by atomic mass is 16.5. The van der Waals surface area contributed by atoms with Gasteiger partial charge in [0.1, 0.15) is 0 Å². The van der Waals surface area contributed by atoms with Crippen LogP contribution in [0.25, 0.3) is 0 Å². The molecule has 0 aromatic carbocycles. The predicted octanol–water partition coefficient (Wildman–Crippen LogP) is 0.474. The molecule has 2 rings (SSSR count). The van der Waals surface area contributed by atoms with Crippen molar-refractivity contribution in [3.8, 4) is 0 Å². The Labute approximate surface area is 95.2 Å². The predicted molar refractivity (Wildman–Crippen MR) is 62.5 cm³/mol. The summed E-state index contributed by atoms with van der Waals surface area (Å²) in [5, 5.41) is 3.30. The third-order valence-corrected chi connectivity index (χ3v) is 2.89. The molecular weight excluding hydrogens is 204 g/mol. The molecule has 0 spiro atoms. The molecule has 1 unspecified atom stereocenters. The molecule has 2 heterocycles. The number of pyridine rings is 1. The Morgan fingerprint density at radius 1 is 1.50 bits per heavy atom. The number of nitrogens with zero attached hydrogens (tertiary/aromatic N) is 1. The fourth-order valence-corrected chi connectivity index (χ4v) is 1.91. The van der Waals surface area contributed by atoms with Crippen molar-refractivity contribution in [1.29, 1.82) is 0 Å². The molecule has 0 aliphatic carbocycles. The minimum atomic E-state index is 0.0358. The Hall–Kier alpha value is -1.13. The average Bonchev–Trinajstić information content (AvgIpc) is 2.79. The summed E-state index contributed by atoms with van der Waals surface area (Å²) in [7, 11) is 0. The number of ether oxygens (including phenoxy) is 1. The fourth-order valence-electron chi connectivity index (χ4n) is 1.91. The summed E-state index contributed by atoms with van der Waals surface area (Å²) >= 11 is 0. The maximum atomic E-state index is 11.4. The van der Waals surface area contributed by atoms with E-state index in [9.17, 15) is 4.79 Å². The molecule has 1 N–H and O–H groups in total. The van der Waals surface area contributed by atoms with E-state index in [1.165, 1.54) is 6.42 Å². The summed E-state index contributed by atoms with van der Waals surface area (Å²) in [5.74, 6) is 0.646. The summed E-state index contributed by atoms with van der Waals surface area (Å²) in [5.41, 5.74) is 0.0358. The van der Waals surface area contributed by atoms with E-state index in [-0.39, 0.29) is 5.56 Å². The van der Waals surface area contributed by atoms with E-state index >= 15 is 0 Å². The quantitative estimate of drug-likeness (QED) is 0.737. The largest absolute Gasteiger partial charge is 0.379 e. The highest BCUT2D eigenvalue weighted by molar-refractivity contribution is 4.92. The second kappa shape index (κ2) is 5.82. The third-order valence-electron chi connectivity index (χ3n) is 2.89. The van der Waals surface area contributed by atoms with Gasteiger partial charge in [-0.15, -0.1) is 0 Å². The lowest BCUT2D eigenvalue weighted by atomic mass is 10.1. The number of nitrogens with one attached hydrogen (secondary N) is 1. The van der Waals surface area contributed by atoms with Gasteiger partial charge < -0.3 is 14.6 Å². The molecule has 1 aliphatic rings. The molecule has 16 heavy (non-hydrogen) atoms. The van der Waals surface area contributed by atoms with Crippen molar-refractivity contribution in [2.75, 3.05) is 26.3 Å². The lowest BCUT2D eigenvalue weighted by Crippen LogP contribution is -2.21. The smallest absolute Gasteiger partial charge is 0.250 e. The fraction of sp³-hybridized carbons (Fsp3) is 0.583. The SMILES string of the molecule is O=c1ccccn1CCOCC1CCNC1. The third kappa shape index (κ3) is 3.18. The Morgan fingerprint density at radius 2 is 2.44 bits per heavy atom. The van der Waals surface area contributed by atoms with Crippen LogP contribution in [0.15, 0.2) is 29.2 Å². The summed E-state index contributed by atoms with van der Waals surface area (Å²) in [6, 6.07) is 5.19. The zero-order valence-corrected chi connectivity index (χ0v) is 9.39. The Balaban J connectivity index is 1.68. The van der Waals surface area contributed by atoms with Gasteiger partial charge in [-0.2, -0.15) is 0 Å². The molecule has 1 aliphatic heterocycles. The Bertz CT molecular complexity index is 369. The van der Waals surface area contributed by atoms with Crippen LogP contribution < -0.4 is 10.9 Å². The standard InChI is InChI=1S/C12H18N2O2/c15-12-3-1-2-6-14(12)7-8-16-10-11-4-5-13-9-11/h1-3,6,11,13H,4-5,7-10H2. The number of hydrogen-bond acceptors (Lipinski definition) is 3. The van der Waals surface area contributed by atoms with Crippen LogP contribution in [0.1, 0.15) is 6.42 Å². The lowest BCUT2D eigenvalue weighted by molar-refractivity contribution is 0.0979. The van der Waals surface area contributed by atoms with Crippen LogP contribution in [0.5, 0.6) is 0 Å². The van der Waals surface area contributed by atoms with E-state index in [1.54, 1.807) is 22.9 Å². The summed E-state index contributed by atoms with van der Waals surface area (Å²) in [4.78, 5) is 11.4. The van der Waals surface area contributed by atoms with Crippen molar-refractivity contribution >= 4 is 0 Å². The molecule has 0 radical (unpaired) electrons. The summed E-state index contributed by atoms with van der Waals surface area (Å²) in [6.07, 6.45) is 2.99. The van der Waals surface area contributed by atoms with Gasteiger partial charge in [0.05, 0.1) is 13.2 Å². The van der Waals surface area contributed by atoms with Gasteiger partial charge in [-0.25, -0.2) is 0 Å². The van der Waals surface area contributed by atoms with Crippen LogP contribution in [0, 0.1) is 5.92 Å². The summed E-state index contributed by atoms with van der Waals surface area (Å²) < 4.78 is 7.25. The summed E-state index contributed by atoms with van der Waals surface area (Å²) in [6.45, 7) is 4.21. The number of rotatable bonds is 5. The van der Waals surface area contributed by atoms with Gasteiger partial charge in [0.2, 0.25) is 0 Å². The van der Waals surface area contributed by atoms with E-state index in [2.05, 4.69) is 5.32 Å². The highest BCUT2D eigenvalue weighted by Crippen LogP contribution is 2.07. The van der Waals surface area contributed by atoms with Crippen LogP contribution in [0.4, 0.5) is 0 Å². The molecular formula is C12H18N2O2. The first-order chi connectivity index (χ1) is 7.86. The van der Waals surface area contributed by atoms with Crippen molar-refractivity contribution in [2.45, 2.75) is 13.0 Å². The van der Waals surface area contributed by atoms with Gasteiger partial charge in [0.15, 0.2) is 0 Å². The van der Waals surface area contributed by atoms with Crippen molar-refractivity contribution in [3.63, 3.8) is 0 Å². The zero-order valence-electron chi connectivity index (χ0n) is 9.39. The minimum absolute atomic E-state index is 0.0358. The first-order valence-corrected chi connectivity index (χ1v) is 5.80. The molecule has 88 valence electrons. The van der Waals surface area contributed by atoms with E-state index in [0.717, 1.165) is 19.7 Å². The molecule has 1 fully saturated rings. The first-order valence-electron chi connectivity index (χ1n) is 5.80. The van der Waals surface area contributed by atoms with Gasteiger partial charge >= 0.3 is 0 Å². The maximum absolute atomic E-state index is 11.4. The number of aromatic nitrogens is 1. The van der Waals surface area contributed by atoms with Crippen LogP contribution in [-0.4, -0.2) is 30.9 Å². The number of hydrogen-bond donors (Lipinski definition) is 1. The van der Waals surface area contributed by atoms with Crippen LogP contribution in [0.3, 0.4) is 0 Å². The normalized spacial score (nSPS) is 20.1. The minimum Gasteiger partial charge on any atom is -0.379 e. The van der Waals surface area contributed by atoms with Gasteiger partial charge in [-0.3, -0.25) is 4.79 Å². The Kier molecular flexibility index (Phi) is 4.13. The monoisotopic (exact) mass is 222 g/mol. The van der Waals surface area contributed by atoms with E-state index < -0.39 is 0 Å². The van der Waals surface area contributed by atoms with Crippen molar-refractivity contribution in [2.24, 2.45) is 5.92 Å². The first kappa shape index (κ1) is 11.4. The molecule has 0 amide bonds. The molecule has 0 bridgehead atoms. The van der Waals surface area contributed by atoms with Crippen molar-refractivity contribution in [1.82, 2.24) is 9.88 Å². The van der Waals surface area contributed by atoms with Gasteiger partial charge in [-0.1, -0.05) is 6.07 Å². The molecule has 4 nitrogen and oxygen atoms in total. The van der Waals surface area contributed by atoms with Crippen molar-refractivity contribution < 1.29 is 4.74 Å². The van der Waals surface area contributed by atoms with Gasteiger partial charge in [0, 0.05) is 25.4 Å². The molecule has 1 aromatic heterocycles. The van der Waals surface area contributed by atoms with E-state index in [4.69, 9.17) is 4.74 Å². The van der Waals surface area contributed by atoms with E-state index in [1.807, 2.05) is 6.07 Å². The van der Waals surface area contributed by atoms with Crippen LogP contribution in [0.2, 0.25) is 0 Å². The van der Waals surface area contributed by atoms with E-state index in [0.29, 0.717) is 19.1 Å². The molecule has 4 heteroatoms. The zero-order chi connectivity index (χ0) is 11.2. The second-order valence-corrected chi connectivity index (χ2v) is 4.17. The maximum Gasteiger partial charge on any atom is 0.250 e. The lowest BCUT2D eigenvalue weighted by Gasteiger charge is -2.10. The average molecular weight is 222 g/mol. The Morgan fingerprint density at radius 3 is 3.19 bits per heavy atom. The van der Waals surface area contributed by atoms with Crippen molar-refractivity contribution in [3.05, 3.63) is 34.7 Å². The highest BCUT2D eigenvalue weighted by Gasteiger charge is 2.13. The molecule has 1 saturated heterocycles. The molecule has 1 aromatic rings.